The van der Waals surface area contributed by atoms with Gasteiger partial charge in [0, 0.05) is 12.6 Å². The van der Waals surface area contributed by atoms with Crippen LogP contribution in [0, 0.1) is 25.6 Å². The number of hydrogen-bond donors (Lipinski definition) is 2. The molecule has 6 heteroatoms. The van der Waals surface area contributed by atoms with Crippen LogP contribution in [0.25, 0.3) is 11.0 Å². The van der Waals surface area contributed by atoms with Crippen molar-refractivity contribution in [3.05, 3.63) is 34.9 Å². The number of nitrogens with one attached hydrogen (secondary N) is 2. The van der Waals surface area contributed by atoms with Crippen LogP contribution in [0.3, 0.4) is 0 Å². The number of aromatic nitrogens is 2. The summed E-state index contributed by atoms with van der Waals surface area (Å²) >= 11 is 0. The molecule has 1 aromatic heterocycles. The van der Waals surface area contributed by atoms with E-state index in [2.05, 4.69) is 20.6 Å². The smallest absolute Gasteiger partial charge is 0.253 e. The molecule has 1 unspecified atom stereocenters. The topological polar surface area (TPSA) is 66.9 Å². The minimum absolute atomic E-state index is 0.252. The first kappa shape index (κ1) is 16.8. The summed E-state index contributed by atoms with van der Waals surface area (Å²) in [4.78, 5) is 21.3. The molecule has 1 aliphatic heterocycles. The van der Waals surface area contributed by atoms with Gasteiger partial charge in [-0.05, 0) is 58.2 Å². The molecule has 24 heavy (non-hydrogen) atoms. The Morgan fingerprint density at radius 1 is 1.33 bits per heavy atom. The highest BCUT2D eigenvalue weighted by Crippen LogP contribution is 2.19. The molecule has 0 aliphatic carbocycles. The first-order valence-electron chi connectivity index (χ1n) is 8.48. The lowest BCUT2D eigenvalue weighted by molar-refractivity contribution is 0.0951. The summed E-state index contributed by atoms with van der Waals surface area (Å²) < 4.78 is 13.8. The standard InChI is InChI=1S/C18H23FN4O/c1-11-12(2)23-17-15(8-14(19)9-16(17)22-11)18(24)21-7-5-13-4-3-6-20-10-13/h8-9,13,20H,3-7,10H2,1-2H3,(H,21,24). The molecular weight excluding hydrogens is 307 g/mol. The van der Waals surface area contributed by atoms with Gasteiger partial charge in [0.25, 0.3) is 5.91 Å². The number of rotatable bonds is 4. The quantitative estimate of drug-likeness (QED) is 0.904. The van der Waals surface area contributed by atoms with E-state index in [1.807, 2.05) is 13.8 Å². The van der Waals surface area contributed by atoms with Crippen LogP contribution in [0.1, 0.15) is 41.0 Å². The number of amides is 1. The summed E-state index contributed by atoms with van der Waals surface area (Å²) in [6, 6.07) is 2.56. The van der Waals surface area contributed by atoms with Crippen molar-refractivity contribution < 1.29 is 9.18 Å². The average molecular weight is 330 g/mol. The van der Waals surface area contributed by atoms with E-state index in [1.165, 1.54) is 25.0 Å². The predicted octanol–water partition coefficient (Wildman–Crippen LogP) is 2.51. The molecule has 1 fully saturated rings. The van der Waals surface area contributed by atoms with Gasteiger partial charge < -0.3 is 10.6 Å². The number of carbonyl (C=O) groups excluding carboxylic acids is 1. The SMILES string of the molecule is Cc1nc2cc(F)cc(C(=O)NCCC3CCCNC3)c2nc1C. The molecular formula is C18H23FN4O. The molecule has 1 amide bonds. The highest BCUT2D eigenvalue weighted by atomic mass is 19.1. The molecule has 2 aromatic rings. The van der Waals surface area contributed by atoms with Crippen molar-refractivity contribution in [3.63, 3.8) is 0 Å². The number of halogens is 1. The maximum atomic E-state index is 13.8. The second-order valence-electron chi connectivity index (χ2n) is 6.47. The van der Waals surface area contributed by atoms with Crippen molar-refractivity contribution in [3.8, 4) is 0 Å². The van der Waals surface area contributed by atoms with Gasteiger partial charge in [0.15, 0.2) is 0 Å². The van der Waals surface area contributed by atoms with Crippen LogP contribution in [0.5, 0.6) is 0 Å². The van der Waals surface area contributed by atoms with E-state index in [-0.39, 0.29) is 11.5 Å². The van der Waals surface area contributed by atoms with E-state index in [0.29, 0.717) is 23.5 Å². The van der Waals surface area contributed by atoms with Crippen LogP contribution < -0.4 is 10.6 Å². The van der Waals surface area contributed by atoms with E-state index in [1.54, 1.807) is 0 Å². The molecule has 5 nitrogen and oxygen atoms in total. The van der Waals surface area contributed by atoms with Crippen molar-refractivity contribution in [2.45, 2.75) is 33.1 Å². The molecule has 1 aliphatic rings. The zero-order valence-corrected chi connectivity index (χ0v) is 14.2. The predicted molar refractivity (Wildman–Crippen MR) is 91.5 cm³/mol. The fourth-order valence-electron chi connectivity index (χ4n) is 3.13. The van der Waals surface area contributed by atoms with Gasteiger partial charge in [0.05, 0.1) is 22.5 Å². The Morgan fingerprint density at radius 2 is 2.12 bits per heavy atom. The lowest BCUT2D eigenvalue weighted by Crippen LogP contribution is -2.33. The Bertz CT molecular complexity index is 756. The number of hydrogen-bond acceptors (Lipinski definition) is 4. The van der Waals surface area contributed by atoms with E-state index in [9.17, 15) is 9.18 Å². The van der Waals surface area contributed by atoms with E-state index >= 15 is 0 Å². The van der Waals surface area contributed by atoms with Gasteiger partial charge in [0.1, 0.15) is 11.3 Å². The summed E-state index contributed by atoms with van der Waals surface area (Å²) in [6.07, 6.45) is 3.30. The number of aryl methyl sites for hydroxylation is 2. The molecule has 0 spiro atoms. The van der Waals surface area contributed by atoms with Crippen LogP contribution in [0.4, 0.5) is 4.39 Å². The monoisotopic (exact) mass is 330 g/mol. The summed E-state index contributed by atoms with van der Waals surface area (Å²) in [6.45, 7) is 6.33. The second kappa shape index (κ2) is 7.21. The molecule has 1 saturated heterocycles. The van der Waals surface area contributed by atoms with Crippen molar-refractivity contribution in [2.24, 2.45) is 5.92 Å². The summed E-state index contributed by atoms with van der Waals surface area (Å²) in [5.41, 5.74) is 2.61. The summed E-state index contributed by atoms with van der Waals surface area (Å²) in [5, 5.41) is 6.27. The Morgan fingerprint density at radius 3 is 2.88 bits per heavy atom. The zero-order chi connectivity index (χ0) is 17.1. The third-order valence-electron chi connectivity index (χ3n) is 4.63. The summed E-state index contributed by atoms with van der Waals surface area (Å²) in [5.74, 6) is -0.171. The number of nitrogens with zero attached hydrogens (tertiary/aromatic N) is 2. The van der Waals surface area contributed by atoms with Crippen LogP contribution >= 0.6 is 0 Å². The zero-order valence-electron chi connectivity index (χ0n) is 14.2. The van der Waals surface area contributed by atoms with E-state index in [4.69, 9.17) is 0 Å². The van der Waals surface area contributed by atoms with Gasteiger partial charge >= 0.3 is 0 Å². The second-order valence-corrected chi connectivity index (χ2v) is 6.47. The first-order valence-corrected chi connectivity index (χ1v) is 8.48. The molecule has 1 atom stereocenters. The van der Waals surface area contributed by atoms with Crippen molar-refractivity contribution in [1.82, 2.24) is 20.6 Å². The van der Waals surface area contributed by atoms with Crippen molar-refractivity contribution in [2.75, 3.05) is 19.6 Å². The fourth-order valence-corrected chi connectivity index (χ4v) is 3.13. The number of piperidine rings is 1. The molecule has 2 heterocycles. The van der Waals surface area contributed by atoms with Crippen LogP contribution in [-0.2, 0) is 0 Å². The normalized spacial score (nSPS) is 17.9. The van der Waals surface area contributed by atoms with Crippen LogP contribution in [0.15, 0.2) is 12.1 Å². The fraction of sp³-hybridized carbons (Fsp3) is 0.500. The molecule has 1 aromatic carbocycles. The Hall–Kier alpha value is -2.08. The minimum Gasteiger partial charge on any atom is -0.352 e. The molecule has 0 radical (unpaired) electrons. The molecule has 2 N–H and O–H groups in total. The third kappa shape index (κ3) is 3.70. The first-order chi connectivity index (χ1) is 11.5. The van der Waals surface area contributed by atoms with Crippen LogP contribution in [-0.4, -0.2) is 35.5 Å². The molecule has 0 bridgehead atoms. The molecule has 128 valence electrons. The maximum Gasteiger partial charge on any atom is 0.253 e. The number of benzene rings is 1. The Balaban J connectivity index is 1.75. The number of carbonyl (C=O) groups is 1. The van der Waals surface area contributed by atoms with Crippen molar-refractivity contribution >= 4 is 16.9 Å². The highest BCUT2D eigenvalue weighted by Gasteiger charge is 2.17. The highest BCUT2D eigenvalue weighted by molar-refractivity contribution is 6.04. The van der Waals surface area contributed by atoms with E-state index in [0.717, 1.165) is 30.9 Å². The van der Waals surface area contributed by atoms with Gasteiger partial charge in [-0.25, -0.2) is 14.4 Å². The average Bonchev–Trinajstić information content (AvgIpc) is 2.56. The number of fused-ring (bicyclic) bond motifs is 1. The van der Waals surface area contributed by atoms with Gasteiger partial charge in [-0.3, -0.25) is 4.79 Å². The van der Waals surface area contributed by atoms with Gasteiger partial charge in [-0.2, -0.15) is 0 Å². The Labute approximate surface area is 141 Å². The maximum absolute atomic E-state index is 13.8. The Kier molecular flexibility index (Phi) is 5.04. The van der Waals surface area contributed by atoms with Gasteiger partial charge in [0.2, 0.25) is 0 Å². The molecule has 0 saturated carbocycles. The summed E-state index contributed by atoms with van der Waals surface area (Å²) in [7, 11) is 0. The third-order valence-corrected chi connectivity index (χ3v) is 4.63. The van der Waals surface area contributed by atoms with Gasteiger partial charge in [-0.1, -0.05) is 0 Å². The largest absolute Gasteiger partial charge is 0.352 e. The van der Waals surface area contributed by atoms with Crippen molar-refractivity contribution in [1.29, 1.82) is 0 Å². The lowest BCUT2D eigenvalue weighted by atomic mass is 9.96. The lowest BCUT2D eigenvalue weighted by Gasteiger charge is -2.22. The van der Waals surface area contributed by atoms with E-state index < -0.39 is 5.82 Å². The molecule has 3 rings (SSSR count). The van der Waals surface area contributed by atoms with Crippen LogP contribution in [0.2, 0.25) is 0 Å². The minimum atomic E-state index is -0.471. The van der Waals surface area contributed by atoms with Gasteiger partial charge in [-0.15, -0.1) is 0 Å².